The van der Waals surface area contributed by atoms with Crippen molar-refractivity contribution in [2.45, 2.75) is 39.2 Å². The zero-order valence-corrected chi connectivity index (χ0v) is 13.9. The lowest BCUT2D eigenvalue weighted by Crippen LogP contribution is -2.29. The van der Waals surface area contributed by atoms with Crippen LogP contribution in [0.3, 0.4) is 0 Å². The molecule has 3 unspecified atom stereocenters. The fraction of sp³-hybridized carbons (Fsp3) is 0.706. The van der Waals surface area contributed by atoms with E-state index in [0.717, 1.165) is 53.8 Å². The fourth-order valence-electron chi connectivity index (χ4n) is 4.16. The predicted molar refractivity (Wildman–Crippen MR) is 88.8 cm³/mol. The molecule has 2 saturated carbocycles. The van der Waals surface area contributed by atoms with Gasteiger partial charge in [-0.05, 0) is 55.2 Å². The number of anilines is 1. The Labute approximate surface area is 133 Å². The van der Waals surface area contributed by atoms with Gasteiger partial charge in [-0.1, -0.05) is 24.9 Å². The highest BCUT2D eigenvalue weighted by molar-refractivity contribution is 6.33. The summed E-state index contributed by atoms with van der Waals surface area (Å²) in [6.07, 6.45) is 7.71. The molecule has 0 spiro atoms. The van der Waals surface area contributed by atoms with E-state index < -0.39 is 0 Å². The van der Waals surface area contributed by atoms with E-state index in [2.05, 4.69) is 29.2 Å². The standard InChI is InChI=1S/C17H26ClN3/c1-3-19-9-13-8-16(18)17(20-10-13)21(2)11-15-7-12-4-5-14(15)6-12/h8,10,12,14-15,19H,3-7,9,11H2,1-2H3. The topological polar surface area (TPSA) is 28.2 Å². The summed E-state index contributed by atoms with van der Waals surface area (Å²) in [6.45, 7) is 5.00. The number of hydrogen-bond donors (Lipinski definition) is 1. The second kappa shape index (κ2) is 6.53. The Bertz CT molecular complexity index is 491. The van der Waals surface area contributed by atoms with Gasteiger partial charge in [0.25, 0.3) is 0 Å². The minimum absolute atomic E-state index is 0.774. The van der Waals surface area contributed by atoms with Crippen LogP contribution in [-0.2, 0) is 6.54 Å². The number of pyridine rings is 1. The van der Waals surface area contributed by atoms with Crippen molar-refractivity contribution in [1.82, 2.24) is 10.3 Å². The van der Waals surface area contributed by atoms with Crippen LogP contribution >= 0.6 is 11.6 Å². The fourth-order valence-corrected chi connectivity index (χ4v) is 4.49. The van der Waals surface area contributed by atoms with E-state index in [1.807, 2.05) is 12.3 Å². The minimum atomic E-state index is 0.774. The first kappa shape index (κ1) is 15.1. The normalized spacial score (nSPS) is 27.3. The molecule has 2 aliphatic carbocycles. The van der Waals surface area contributed by atoms with Crippen LogP contribution in [0.25, 0.3) is 0 Å². The summed E-state index contributed by atoms with van der Waals surface area (Å²) in [6, 6.07) is 2.05. The molecule has 4 heteroatoms. The van der Waals surface area contributed by atoms with Gasteiger partial charge in [0.05, 0.1) is 5.02 Å². The molecule has 1 aromatic rings. The van der Waals surface area contributed by atoms with Crippen molar-refractivity contribution in [2.75, 3.05) is 25.0 Å². The highest BCUT2D eigenvalue weighted by atomic mass is 35.5. The van der Waals surface area contributed by atoms with Crippen LogP contribution in [-0.4, -0.2) is 25.1 Å². The third-order valence-corrected chi connectivity index (χ3v) is 5.49. The van der Waals surface area contributed by atoms with Gasteiger partial charge in [0.2, 0.25) is 0 Å². The lowest BCUT2D eigenvalue weighted by atomic mass is 9.88. The molecule has 21 heavy (non-hydrogen) atoms. The Balaban J connectivity index is 1.62. The van der Waals surface area contributed by atoms with Crippen LogP contribution < -0.4 is 10.2 Å². The maximum absolute atomic E-state index is 6.44. The summed E-state index contributed by atoms with van der Waals surface area (Å²) in [5, 5.41) is 4.08. The van der Waals surface area contributed by atoms with Gasteiger partial charge in [0.15, 0.2) is 0 Å². The molecule has 2 fully saturated rings. The van der Waals surface area contributed by atoms with E-state index >= 15 is 0 Å². The van der Waals surface area contributed by atoms with Crippen LogP contribution in [0.2, 0.25) is 5.02 Å². The molecule has 0 aromatic carbocycles. The summed E-state index contributed by atoms with van der Waals surface area (Å²) in [5.41, 5.74) is 1.15. The lowest BCUT2D eigenvalue weighted by Gasteiger charge is -2.28. The summed E-state index contributed by atoms with van der Waals surface area (Å²) in [7, 11) is 2.13. The molecule has 0 aliphatic heterocycles. The maximum Gasteiger partial charge on any atom is 0.147 e. The Morgan fingerprint density at radius 3 is 2.86 bits per heavy atom. The molecule has 0 amide bonds. The predicted octanol–water partition coefficient (Wildman–Crippen LogP) is 3.72. The number of rotatable bonds is 6. The third kappa shape index (κ3) is 3.35. The Hall–Kier alpha value is -0.800. The van der Waals surface area contributed by atoms with Crippen LogP contribution in [0.4, 0.5) is 5.82 Å². The van der Waals surface area contributed by atoms with Crippen molar-refractivity contribution >= 4 is 17.4 Å². The number of halogens is 1. The SMILES string of the molecule is CCNCc1cnc(N(C)CC2CC3CCC2C3)c(Cl)c1. The largest absolute Gasteiger partial charge is 0.358 e. The maximum atomic E-state index is 6.44. The van der Waals surface area contributed by atoms with Crippen LogP contribution in [0.5, 0.6) is 0 Å². The van der Waals surface area contributed by atoms with Crippen molar-refractivity contribution in [3.05, 3.63) is 22.8 Å². The average Bonchev–Trinajstić information content (AvgIpc) is 3.07. The monoisotopic (exact) mass is 307 g/mol. The molecule has 3 nitrogen and oxygen atoms in total. The van der Waals surface area contributed by atoms with E-state index in [4.69, 9.17) is 11.6 Å². The first-order valence-corrected chi connectivity index (χ1v) is 8.61. The number of aromatic nitrogens is 1. The summed E-state index contributed by atoms with van der Waals surface area (Å²) in [5.74, 6) is 3.72. The molecule has 2 bridgehead atoms. The molecule has 2 aliphatic rings. The van der Waals surface area contributed by atoms with Gasteiger partial charge in [-0.25, -0.2) is 4.98 Å². The smallest absolute Gasteiger partial charge is 0.147 e. The second-order valence-electron chi connectivity index (χ2n) is 6.74. The van der Waals surface area contributed by atoms with Crippen LogP contribution in [0, 0.1) is 17.8 Å². The van der Waals surface area contributed by atoms with Gasteiger partial charge >= 0.3 is 0 Å². The lowest BCUT2D eigenvalue weighted by molar-refractivity contribution is 0.337. The van der Waals surface area contributed by atoms with Crippen LogP contribution in [0.15, 0.2) is 12.3 Å². The molecular formula is C17H26ClN3. The van der Waals surface area contributed by atoms with E-state index in [1.54, 1.807) is 0 Å². The summed E-state index contributed by atoms with van der Waals surface area (Å²) >= 11 is 6.44. The Morgan fingerprint density at radius 1 is 1.38 bits per heavy atom. The average molecular weight is 308 g/mol. The molecule has 3 rings (SSSR count). The molecule has 116 valence electrons. The van der Waals surface area contributed by atoms with Crippen molar-refractivity contribution in [2.24, 2.45) is 17.8 Å². The van der Waals surface area contributed by atoms with Crippen molar-refractivity contribution in [1.29, 1.82) is 0 Å². The Morgan fingerprint density at radius 2 is 2.24 bits per heavy atom. The molecular weight excluding hydrogens is 282 g/mol. The van der Waals surface area contributed by atoms with E-state index in [0.29, 0.717) is 0 Å². The number of nitrogens with zero attached hydrogens (tertiary/aromatic N) is 2. The first-order chi connectivity index (χ1) is 10.2. The highest BCUT2D eigenvalue weighted by Gasteiger charge is 2.39. The molecule has 1 N–H and O–H groups in total. The van der Waals surface area contributed by atoms with Gasteiger partial charge in [-0.3, -0.25) is 0 Å². The quantitative estimate of drug-likeness (QED) is 0.868. The van der Waals surface area contributed by atoms with Gasteiger partial charge in [0.1, 0.15) is 5.82 Å². The van der Waals surface area contributed by atoms with E-state index in [-0.39, 0.29) is 0 Å². The van der Waals surface area contributed by atoms with Gasteiger partial charge < -0.3 is 10.2 Å². The zero-order valence-electron chi connectivity index (χ0n) is 13.1. The first-order valence-electron chi connectivity index (χ1n) is 8.23. The van der Waals surface area contributed by atoms with E-state index in [9.17, 15) is 0 Å². The summed E-state index contributed by atoms with van der Waals surface area (Å²) < 4.78 is 0. The number of hydrogen-bond acceptors (Lipinski definition) is 3. The van der Waals surface area contributed by atoms with Gasteiger partial charge in [-0.2, -0.15) is 0 Å². The highest BCUT2D eigenvalue weighted by Crippen LogP contribution is 2.48. The molecule has 1 aromatic heterocycles. The zero-order chi connectivity index (χ0) is 14.8. The molecule has 3 atom stereocenters. The van der Waals surface area contributed by atoms with Gasteiger partial charge in [-0.15, -0.1) is 0 Å². The number of nitrogens with one attached hydrogen (secondary N) is 1. The molecule has 0 radical (unpaired) electrons. The van der Waals surface area contributed by atoms with Crippen molar-refractivity contribution in [3.63, 3.8) is 0 Å². The summed E-state index contributed by atoms with van der Waals surface area (Å²) in [4.78, 5) is 6.84. The number of fused-ring (bicyclic) bond motifs is 2. The molecule has 0 saturated heterocycles. The van der Waals surface area contributed by atoms with E-state index in [1.165, 1.54) is 25.7 Å². The molecule has 1 heterocycles. The Kier molecular flexibility index (Phi) is 4.70. The van der Waals surface area contributed by atoms with Crippen molar-refractivity contribution in [3.8, 4) is 0 Å². The third-order valence-electron chi connectivity index (χ3n) is 5.21. The van der Waals surface area contributed by atoms with Crippen LogP contribution in [0.1, 0.15) is 38.2 Å². The second-order valence-corrected chi connectivity index (χ2v) is 7.15. The minimum Gasteiger partial charge on any atom is -0.358 e. The van der Waals surface area contributed by atoms with Gasteiger partial charge in [0, 0.05) is 26.3 Å². The van der Waals surface area contributed by atoms with Crippen molar-refractivity contribution < 1.29 is 0 Å².